The molecule has 0 aliphatic carbocycles. The van der Waals surface area contributed by atoms with Crippen LogP contribution in [0.1, 0.15) is 17.0 Å². The summed E-state index contributed by atoms with van der Waals surface area (Å²) in [6.07, 6.45) is -3.32. The van der Waals surface area contributed by atoms with Crippen molar-refractivity contribution < 1.29 is 18.3 Å². The van der Waals surface area contributed by atoms with Gasteiger partial charge in [-0.2, -0.15) is 13.2 Å². The molecule has 2 heterocycles. The minimum absolute atomic E-state index is 0.0703. The standard InChI is InChI=1S/C10H9F3N2O/c1-5-7-2-6(4-16)15-8(7)3-14-9(5)10(11,12)13/h2-3,15-16H,4H2,1H3. The molecule has 0 aliphatic rings. The van der Waals surface area contributed by atoms with Crippen molar-refractivity contribution in [2.24, 2.45) is 0 Å². The molecule has 0 spiro atoms. The lowest BCUT2D eigenvalue weighted by Gasteiger charge is -2.08. The molecule has 2 aromatic rings. The van der Waals surface area contributed by atoms with E-state index in [1.54, 1.807) is 0 Å². The minimum Gasteiger partial charge on any atom is -0.390 e. The molecule has 0 unspecified atom stereocenters. The molecule has 0 radical (unpaired) electrons. The van der Waals surface area contributed by atoms with Crippen molar-refractivity contribution in [2.75, 3.05) is 0 Å². The highest BCUT2D eigenvalue weighted by molar-refractivity contribution is 5.83. The summed E-state index contributed by atoms with van der Waals surface area (Å²) >= 11 is 0. The predicted molar refractivity (Wildman–Crippen MR) is 51.8 cm³/mol. The van der Waals surface area contributed by atoms with Crippen LogP contribution in [0.15, 0.2) is 12.3 Å². The second-order valence-electron chi connectivity index (χ2n) is 3.51. The molecule has 0 aliphatic heterocycles. The number of halogens is 3. The quantitative estimate of drug-likeness (QED) is 0.790. The zero-order valence-electron chi connectivity index (χ0n) is 8.39. The van der Waals surface area contributed by atoms with Crippen LogP contribution < -0.4 is 0 Å². The van der Waals surface area contributed by atoms with Gasteiger partial charge in [-0.1, -0.05) is 0 Å². The molecule has 0 aromatic carbocycles. The number of hydrogen-bond acceptors (Lipinski definition) is 2. The fourth-order valence-corrected chi connectivity index (χ4v) is 1.66. The number of H-pyrrole nitrogens is 1. The van der Waals surface area contributed by atoms with E-state index in [0.29, 0.717) is 16.6 Å². The third kappa shape index (κ3) is 1.65. The van der Waals surface area contributed by atoms with Gasteiger partial charge >= 0.3 is 6.18 Å². The number of fused-ring (bicyclic) bond motifs is 1. The SMILES string of the molecule is Cc1c(C(F)(F)F)ncc2[nH]c(CO)cc12. The summed E-state index contributed by atoms with van der Waals surface area (Å²) in [5.41, 5.74) is 0.151. The van der Waals surface area contributed by atoms with Crippen LogP contribution in [-0.2, 0) is 12.8 Å². The van der Waals surface area contributed by atoms with Gasteiger partial charge in [0.2, 0.25) is 0 Å². The molecule has 0 saturated heterocycles. The zero-order chi connectivity index (χ0) is 11.9. The Hall–Kier alpha value is -1.56. The summed E-state index contributed by atoms with van der Waals surface area (Å²) < 4.78 is 37.6. The number of pyridine rings is 1. The number of nitrogens with zero attached hydrogens (tertiary/aromatic N) is 1. The molecule has 0 fully saturated rings. The molecule has 2 rings (SSSR count). The Kier molecular flexibility index (Phi) is 2.38. The molecule has 0 bridgehead atoms. The predicted octanol–water partition coefficient (Wildman–Crippen LogP) is 2.38. The Labute approximate surface area is 88.9 Å². The molecule has 2 aromatic heterocycles. The topological polar surface area (TPSA) is 48.9 Å². The largest absolute Gasteiger partial charge is 0.433 e. The first kappa shape index (κ1) is 10.9. The molecule has 2 N–H and O–H groups in total. The third-order valence-corrected chi connectivity index (χ3v) is 2.42. The summed E-state index contributed by atoms with van der Waals surface area (Å²) in [5.74, 6) is 0. The van der Waals surface area contributed by atoms with Crippen LogP contribution in [0.5, 0.6) is 0 Å². The van der Waals surface area contributed by atoms with Gasteiger partial charge in [-0.15, -0.1) is 0 Å². The number of aliphatic hydroxyl groups is 1. The lowest BCUT2D eigenvalue weighted by molar-refractivity contribution is -0.141. The number of aromatic amines is 1. The zero-order valence-corrected chi connectivity index (χ0v) is 8.39. The maximum absolute atomic E-state index is 12.5. The molecule has 3 nitrogen and oxygen atoms in total. The second-order valence-corrected chi connectivity index (χ2v) is 3.51. The van der Waals surface area contributed by atoms with Gasteiger partial charge in [0.25, 0.3) is 0 Å². The second kappa shape index (κ2) is 3.48. The van der Waals surface area contributed by atoms with Crippen molar-refractivity contribution in [1.82, 2.24) is 9.97 Å². The highest BCUT2D eigenvalue weighted by Crippen LogP contribution is 2.33. The number of aromatic nitrogens is 2. The van der Waals surface area contributed by atoms with Gasteiger partial charge in [-0.3, -0.25) is 0 Å². The van der Waals surface area contributed by atoms with Gasteiger partial charge in [0.15, 0.2) is 0 Å². The Bertz CT molecular complexity index is 531. The fraction of sp³-hybridized carbons (Fsp3) is 0.300. The summed E-state index contributed by atoms with van der Waals surface area (Å²) in [4.78, 5) is 6.17. The van der Waals surface area contributed by atoms with Crippen LogP contribution in [0.3, 0.4) is 0 Å². The van der Waals surface area contributed by atoms with Crippen molar-refractivity contribution >= 4 is 10.9 Å². The normalized spacial score (nSPS) is 12.3. The smallest absolute Gasteiger partial charge is 0.390 e. The van der Waals surface area contributed by atoms with Crippen LogP contribution in [0.25, 0.3) is 10.9 Å². The van der Waals surface area contributed by atoms with Crippen molar-refractivity contribution in [1.29, 1.82) is 0 Å². The average Bonchev–Trinajstić information content (AvgIpc) is 2.60. The van der Waals surface area contributed by atoms with Gasteiger partial charge in [0.05, 0.1) is 18.3 Å². The first-order valence-electron chi connectivity index (χ1n) is 4.58. The fourth-order valence-electron chi connectivity index (χ4n) is 1.66. The number of aryl methyl sites for hydroxylation is 1. The van der Waals surface area contributed by atoms with Gasteiger partial charge < -0.3 is 10.1 Å². The van der Waals surface area contributed by atoms with Gasteiger partial charge in [0, 0.05) is 11.1 Å². The van der Waals surface area contributed by atoms with E-state index in [2.05, 4.69) is 9.97 Å². The highest BCUT2D eigenvalue weighted by atomic mass is 19.4. The van der Waals surface area contributed by atoms with Crippen LogP contribution in [0.4, 0.5) is 13.2 Å². The molecular formula is C10H9F3N2O. The Morgan fingerprint density at radius 1 is 1.44 bits per heavy atom. The van der Waals surface area contributed by atoms with Crippen LogP contribution in [0.2, 0.25) is 0 Å². The van der Waals surface area contributed by atoms with Gasteiger partial charge in [0.1, 0.15) is 5.69 Å². The van der Waals surface area contributed by atoms with E-state index in [1.165, 1.54) is 13.0 Å². The average molecular weight is 230 g/mol. The van der Waals surface area contributed by atoms with Gasteiger partial charge in [-0.05, 0) is 18.6 Å². The molecule has 0 amide bonds. The Morgan fingerprint density at radius 2 is 2.12 bits per heavy atom. The molecule has 0 saturated carbocycles. The van der Waals surface area contributed by atoms with Crippen molar-refractivity contribution in [3.05, 3.63) is 29.2 Å². The van der Waals surface area contributed by atoms with Crippen molar-refractivity contribution in [3.8, 4) is 0 Å². The van der Waals surface area contributed by atoms with E-state index >= 15 is 0 Å². The highest BCUT2D eigenvalue weighted by Gasteiger charge is 2.34. The van der Waals surface area contributed by atoms with E-state index in [4.69, 9.17) is 5.11 Å². The number of nitrogens with one attached hydrogen (secondary N) is 1. The van der Waals surface area contributed by atoms with E-state index in [9.17, 15) is 13.2 Å². The lowest BCUT2D eigenvalue weighted by Crippen LogP contribution is -2.10. The van der Waals surface area contributed by atoms with Crippen LogP contribution >= 0.6 is 0 Å². The number of rotatable bonds is 1. The Morgan fingerprint density at radius 3 is 2.69 bits per heavy atom. The monoisotopic (exact) mass is 230 g/mol. The van der Waals surface area contributed by atoms with Crippen LogP contribution in [0, 0.1) is 6.92 Å². The van der Waals surface area contributed by atoms with Crippen molar-refractivity contribution in [3.63, 3.8) is 0 Å². The van der Waals surface area contributed by atoms with E-state index in [1.807, 2.05) is 0 Å². The third-order valence-electron chi connectivity index (χ3n) is 2.42. The first-order valence-corrected chi connectivity index (χ1v) is 4.58. The summed E-state index contributed by atoms with van der Waals surface area (Å²) in [6.45, 7) is 1.13. The molecule has 0 atom stereocenters. The number of aliphatic hydroxyl groups excluding tert-OH is 1. The first-order chi connectivity index (χ1) is 7.43. The van der Waals surface area contributed by atoms with E-state index in [-0.39, 0.29) is 12.2 Å². The summed E-state index contributed by atoms with van der Waals surface area (Å²) in [5, 5.41) is 9.32. The minimum atomic E-state index is -4.45. The van der Waals surface area contributed by atoms with E-state index in [0.717, 1.165) is 6.20 Å². The molecule has 6 heteroatoms. The maximum atomic E-state index is 12.5. The van der Waals surface area contributed by atoms with Crippen molar-refractivity contribution in [2.45, 2.75) is 19.7 Å². The van der Waals surface area contributed by atoms with E-state index < -0.39 is 11.9 Å². The molecule has 16 heavy (non-hydrogen) atoms. The van der Waals surface area contributed by atoms with Crippen LogP contribution in [-0.4, -0.2) is 15.1 Å². The summed E-state index contributed by atoms with van der Waals surface area (Å²) in [6, 6.07) is 1.50. The number of hydrogen-bond donors (Lipinski definition) is 2. The number of alkyl halides is 3. The maximum Gasteiger partial charge on any atom is 0.433 e. The molecule has 86 valence electrons. The summed E-state index contributed by atoms with van der Waals surface area (Å²) in [7, 11) is 0. The Balaban J connectivity index is 2.69. The molecular weight excluding hydrogens is 221 g/mol. The van der Waals surface area contributed by atoms with Gasteiger partial charge in [-0.25, -0.2) is 4.98 Å². The lowest BCUT2D eigenvalue weighted by atomic mass is 10.1.